The Bertz CT molecular complexity index is 850. The van der Waals surface area contributed by atoms with Crippen LogP contribution in [0.25, 0.3) is 21.7 Å². The lowest BCUT2D eigenvalue weighted by Crippen LogP contribution is -2.40. The molecule has 2 heterocycles. The molecular weight excluding hydrogens is 340 g/mol. The van der Waals surface area contributed by atoms with Crippen LogP contribution in [0.4, 0.5) is 9.93 Å². The zero-order valence-electron chi connectivity index (χ0n) is 13.4. The zero-order valence-corrected chi connectivity index (χ0v) is 14.3. The van der Waals surface area contributed by atoms with Crippen molar-refractivity contribution in [1.29, 1.82) is 0 Å². The summed E-state index contributed by atoms with van der Waals surface area (Å²) in [4.78, 5) is 12.1. The standard InChI is InChI=1S/C17H18N4O3S/c22-12-7-5-11(6-8-12)18-16(23)19-17-21-20-15(25-17)14-9-10-3-1-2-4-13(10)24-14/h1-4,9,11-12,22H,5-8H2,(H2,18,19,21,23). The molecule has 8 heteroatoms. The third-order valence-electron chi connectivity index (χ3n) is 4.31. The number of nitrogens with zero attached hydrogens (tertiary/aromatic N) is 2. The predicted octanol–water partition coefficient (Wildman–Crippen LogP) is 3.38. The Morgan fingerprint density at radius 1 is 1.20 bits per heavy atom. The number of carbonyl (C=O) groups excluding carboxylic acids is 1. The molecule has 130 valence electrons. The number of hydrogen-bond acceptors (Lipinski definition) is 6. The van der Waals surface area contributed by atoms with Gasteiger partial charge in [-0.05, 0) is 37.8 Å². The number of fused-ring (bicyclic) bond motifs is 1. The van der Waals surface area contributed by atoms with E-state index in [4.69, 9.17) is 4.42 Å². The molecule has 3 aromatic rings. The van der Waals surface area contributed by atoms with Crippen molar-refractivity contribution in [1.82, 2.24) is 15.5 Å². The molecule has 0 unspecified atom stereocenters. The Labute approximate surface area is 148 Å². The summed E-state index contributed by atoms with van der Waals surface area (Å²) in [6.45, 7) is 0. The number of furan rings is 1. The van der Waals surface area contributed by atoms with Gasteiger partial charge in [-0.15, -0.1) is 10.2 Å². The molecule has 0 radical (unpaired) electrons. The number of amides is 2. The molecule has 0 atom stereocenters. The number of aliphatic hydroxyl groups is 1. The Kier molecular flexibility index (Phi) is 4.37. The second-order valence-corrected chi connectivity index (χ2v) is 7.14. The normalized spacial score (nSPS) is 20.5. The molecule has 0 spiro atoms. The van der Waals surface area contributed by atoms with Crippen LogP contribution >= 0.6 is 11.3 Å². The van der Waals surface area contributed by atoms with Crippen molar-refractivity contribution in [3.05, 3.63) is 30.3 Å². The fraction of sp³-hybridized carbons (Fsp3) is 0.353. The molecule has 1 aliphatic rings. The number of hydrogen-bond donors (Lipinski definition) is 3. The molecule has 25 heavy (non-hydrogen) atoms. The molecular formula is C17H18N4O3S. The van der Waals surface area contributed by atoms with E-state index in [-0.39, 0.29) is 18.2 Å². The van der Waals surface area contributed by atoms with Crippen molar-refractivity contribution in [2.75, 3.05) is 5.32 Å². The lowest BCUT2D eigenvalue weighted by atomic mass is 9.93. The molecule has 0 saturated heterocycles. The maximum absolute atomic E-state index is 12.1. The van der Waals surface area contributed by atoms with Gasteiger partial charge < -0.3 is 14.8 Å². The van der Waals surface area contributed by atoms with Crippen LogP contribution in [0.1, 0.15) is 25.7 Å². The van der Waals surface area contributed by atoms with E-state index in [2.05, 4.69) is 20.8 Å². The smallest absolute Gasteiger partial charge is 0.321 e. The SMILES string of the molecule is O=C(Nc1nnc(-c2cc3ccccc3o2)s1)NC1CCC(O)CC1. The molecule has 1 aliphatic carbocycles. The van der Waals surface area contributed by atoms with E-state index in [0.29, 0.717) is 15.9 Å². The van der Waals surface area contributed by atoms with E-state index in [1.807, 2.05) is 30.3 Å². The van der Waals surface area contributed by atoms with Crippen LogP contribution in [-0.4, -0.2) is 33.5 Å². The first kappa shape index (κ1) is 16.0. The first-order valence-corrected chi connectivity index (χ1v) is 9.07. The topological polar surface area (TPSA) is 100 Å². The summed E-state index contributed by atoms with van der Waals surface area (Å²) < 4.78 is 5.76. The average Bonchev–Trinajstić information content (AvgIpc) is 3.23. The van der Waals surface area contributed by atoms with Gasteiger partial charge in [0.1, 0.15) is 5.58 Å². The summed E-state index contributed by atoms with van der Waals surface area (Å²) in [7, 11) is 0. The largest absolute Gasteiger partial charge is 0.453 e. The van der Waals surface area contributed by atoms with E-state index in [1.165, 1.54) is 11.3 Å². The summed E-state index contributed by atoms with van der Waals surface area (Å²) in [5, 5.41) is 25.3. The number of anilines is 1. The maximum Gasteiger partial charge on any atom is 0.321 e. The van der Waals surface area contributed by atoms with Crippen LogP contribution in [0, 0.1) is 0 Å². The first-order valence-electron chi connectivity index (χ1n) is 8.25. The van der Waals surface area contributed by atoms with Crippen molar-refractivity contribution in [2.45, 2.75) is 37.8 Å². The molecule has 0 bridgehead atoms. The van der Waals surface area contributed by atoms with Gasteiger partial charge in [0.15, 0.2) is 10.8 Å². The number of nitrogens with one attached hydrogen (secondary N) is 2. The van der Waals surface area contributed by atoms with Gasteiger partial charge in [-0.25, -0.2) is 4.79 Å². The maximum atomic E-state index is 12.1. The Morgan fingerprint density at radius 3 is 2.80 bits per heavy atom. The monoisotopic (exact) mass is 358 g/mol. The molecule has 1 aromatic carbocycles. The molecule has 4 rings (SSSR count). The highest BCUT2D eigenvalue weighted by Gasteiger charge is 2.21. The van der Waals surface area contributed by atoms with E-state index in [1.54, 1.807) is 0 Å². The van der Waals surface area contributed by atoms with Gasteiger partial charge in [-0.3, -0.25) is 5.32 Å². The van der Waals surface area contributed by atoms with Crippen LogP contribution in [0.15, 0.2) is 34.7 Å². The fourth-order valence-electron chi connectivity index (χ4n) is 3.00. The van der Waals surface area contributed by atoms with Gasteiger partial charge in [0.2, 0.25) is 5.13 Å². The second-order valence-electron chi connectivity index (χ2n) is 6.16. The third kappa shape index (κ3) is 3.64. The predicted molar refractivity (Wildman–Crippen MR) is 95.5 cm³/mol. The number of aliphatic hydroxyl groups excluding tert-OH is 1. The molecule has 1 saturated carbocycles. The van der Waals surface area contributed by atoms with Crippen molar-refractivity contribution < 1.29 is 14.3 Å². The number of carbonyl (C=O) groups is 1. The minimum Gasteiger partial charge on any atom is -0.453 e. The Morgan fingerprint density at radius 2 is 2.00 bits per heavy atom. The molecule has 2 aromatic heterocycles. The summed E-state index contributed by atoms with van der Waals surface area (Å²) >= 11 is 1.26. The third-order valence-corrected chi connectivity index (χ3v) is 5.17. The second kappa shape index (κ2) is 6.81. The summed E-state index contributed by atoms with van der Waals surface area (Å²) in [6.07, 6.45) is 2.78. The minimum atomic E-state index is -0.298. The van der Waals surface area contributed by atoms with Crippen molar-refractivity contribution in [2.24, 2.45) is 0 Å². The molecule has 3 N–H and O–H groups in total. The summed E-state index contributed by atoms with van der Waals surface area (Å²) in [6, 6.07) is 9.43. The summed E-state index contributed by atoms with van der Waals surface area (Å²) in [5.41, 5.74) is 0.791. The number of urea groups is 1. The van der Waals surface area contributed by atoms with E-state index >= 15 is 0 Å². The van der Waals surface area contributed by atoms with E-state index < -0.39 is 0 Å². The van der Waals surface area contributed by atoms with Crippen molar-refractivity contribution in [3.8, 4) is 10.8 Å². The molecule has 1 fully saturated rings. The van der Waals surface area contributed by atoms with Crippen LogP contribution in [0.5, 0.6) is 0 Å². The van der Waals surface area contributed by atoms with E-state index in [9.17, 15) is 9.90 Å². The molecule has 2 amide bonds. The number of para-hydroxylation sites is 1. The summed E-state index contributed by atoms with van der Waals surface area (Å²) in [5.74, 6) is 0.633. The Balaban J connectivity index is 1.40. The van der Waals surface area contributed by atoms with Gasteiger partial charge in [-0.1, -0.05) is 29.5 Å². The number of rotatable bonds is 3. The van der Waals surface area contributed by atoms with Crippen molar-refractivity contribution in [3.63, 3.8) is 0 Å². The highest BCUT2D eigenvalue weighted by molar-refractivity contribution is 7.18. The number of benzene rings is 1. The van der Waals surface area contributed by atoms with Gasteiger partial charge in [0.05, 0.1) is 6.10 Å². The highest BCUT2D eigenvalue weighted by atomic mass is 32.1. The van der Waals surface area contributed by atoms with Crippen LogP contribution in [-0.2, 0) is 0 Å². The molecule has 7 nitrogen and oxygen atoms in total. The fourth-order valence-corrected chi connectivity index (χ4v) is 3.69. The lowest BCUT2D eigenvalue weighted by Gasteiger charge is -2.25. The van der Waals surface area contributed by atoms with Crippen LogP contribution < -0.4 is 10.6 Å². The minimum absolute atomic E-state index is 0.0890. The number of aromatic nitrogens is 2. The zero-order chi connectivity index (χ0) is 17.2. The molecule has 0 aliphatic heterocycles. The quantitative estimate of drug-likeness (QED) is 0.666. The average molecular weight is 358 g/mol. The lowest BCUT2D eigenvalue weighted by molar-refractivity contribution is 0.118. The Hall–Kier alpha value is -2.45. The van der Waals surface area contributed by atoms with Gasteiger partial charge >= 0.3 is 6.03 Å². The first-order chi connectivity index (χ1) is 12.2. The van der Waals surface area contributed by atoms with E-state index in [0.717, 1.165) is 36.7 Å². The van der Waals surface area contributed by atoms with Crippen LogP contribution in [0.2, 0.25) is 0 Å². The van der Waals surface area contributed by atoms with Gasteiger partial charge in [-0.2, -0.15) is 0 Å². The van der Waals surface area contributed by atoms with Crippen LogP contribution in [0.3, 0.4) is 0 Å². The van der Waals surface area contributed by atoms with Gasteiger partial charge in [0.25, 0.3) is 0 Å². The highest BCUT2D eigenvalue weighted by Crippen LogP contribution is 2.31. The van der Waals surface area contributed by atoms with Gasteiger partial charge in [0, 0.05) is 11.4 Å². The van der Waals surface area contributed by atoms with Crippen molar-refractivity contribution >= 4 is 33.5 Å².